The molecular formula is C33H36F6N2O2. The second-order valence-corrected chi connectivity index (χ2v) is 11.2. The molecule has 0 bridgehead atoms. The lowest BCUT2D eigenvalue weighted by atomic mass is 9.89. The summed E-state index contributed by atoms with van der Waals surface area (Å²) in [7, 11) is 0. The maximum Gasteiger partial charge on any atom is 0.416 e. The van der Waals surface area contributed by atoms with Gasteiger partial charge in [0, 0.05) is 19.6 Å². The molecule has 10 heteroatoms. The van der Waals surface area contributed by atoms with Crippen molar-refractivity contribution in [2.75, 3.05) is 45.9 Å². The second-order valence-electron chi connectivity index (χ2n) is 11.2. The molecule has 0 amide bonds. The van der Waals surface area contributed by atoms with E-state index in [4.69, 9.17) is 9.47 Å². The molecule has 2 atom stereocenters. The Morgan fingerprint density at radius 2 is 1.30 bits per heavy atom. The fourth-order valence-electron chi connectivity index (χ4n) is 6.04. The summed E-state index contributed by atoms with van der Waals surface area (Å²) in [5, 5.41) is 0. The Labute approximate surface area is 248 Å². The fraction of sp³-hybridized carbons (Fsp3) is 0.455. The van der Waals surface area contributed by atoms with Gasteiger partial charge in [-0.3, -0.25) is 4.90 Å². The normalized spacial score (nSPS) is 21.3. The lowest BCUT2D eigenvalue weighted by Gasteiger charge is -2.42. The second kappa shape index (κ2) is 13.8. The molecule has 0 spiro atoms. The molecule has 2 saturated heterocycles. The lowest BCUT2D eigenvalue weighted by molar-refractivity contribution is -0.211. The first-order valence-corrected chi connectivity index (χ1v) is 14.7. The minimum absolute atomic E-state index is 0.0898. The van der Waals surface area contributed by atoms with E-state index in [2.05, 4.69) is 34.1 Å². The summed E-state index contributed by atoms with van der Waals surface area (Å²) in [5.74, 6) is 0.569. The zero-order valence-corrected chi connectivity index (χ0v) is 23.8. The van der Waals surface area contributed by atoms with Crippen LogP contribution < -0.4 is 0 Å². The Hall–Kier alpha value is -2.92. The molecule has 0 N–H and O–H groups in total. The van der Waals surface area contributed by atoms with Gasteiger partial charge in [0.2, 0.25) is 0 Å². The van der Waals surface area contributed by atoms with Crippen LogP contribution in [0.25, 0.3) is 0 Å². The topological polar surface area (TPSA) is 24.9 Å². The lowest BCUT2D eigenvalue weighted by Crippen LogP contribution is -2.49. The number of alkyl halides is 6. The summed E-state index contributed by atoms with van der Waals surface area (Å²) in [4.78, 5) is 4.78. The molecule has 3 aromatic carbocycles. The average Bonchev–Trinajstić information content (AvgIpc) is 3.00. The SMILES string of the molecule is FC(F)(F)c1cc(CCO[C@@H]2OCCN(CCN3CCC(c4ccccc4)CC3)[C@H]2c2ccccc2)cc(C(F)(F)F)c1. The Morgan fingerprint density at radius 3 is 1.88 bits per heavy atom. The van der Waals surface area contributed by atoms with Gasteiger partial charge in [0.1, 0.15) is 0 Å². The van der Waals surface area contributed by atoms with Crippen LogP contribution in [0.15, 0.2) is 78.9 Å². The van der Waals surface area contributed by atoms with Crippen LogP contribution in [0, 0.1) is 0 Å². The van der Waals surface area contributed by atoms with E-state index in [9.17, 15) is 26.3 Å². The summed E-state index contributed by atoms with van der Waals surface area (Å²) in [6.45, 7) is 4.68. The van der Waals surface area contributed by atoms with Crippen LogP contribution in [0.5, 0.6) is 0 Å². The van der Waals surface area contributed by atoms with Crippen LogP contribution >= 0.6 is 0 Å². The zero-order valence-electron chi connectivity index (χ0n) is 23.8. The summed E-state index contributed by atoms with van der Waals surface area (Å²) in [6, 6.07) is 21.7. The molecule has 0 radical (unpaired) electrons. The number of halogens is 6. The van der Waals surface area contributed by atoms with E-state index in [1.807, 2.05) is 36.4 Å². The molecule has 232 valence electrons. The third kappa shape index (κ3) is 8.38. The number of likely N-dealkylation sites (tertiary alicyclic amines) is 1. The first-order valence-electron chi connectivity index (χ1n) is 14.7. The van der Waals surface area contributed by atoms with Crippen molar-refractivity contribution in [1.82, 2.24) is 9.80 Å². The van der Waals surface area contributed by atoms with E-state index in [1.165, 1.54) is 5.56 Å². The summed E-state index contributed by atoms with van der Waals surface area (Å²) < 4.78 is 91.9. The molecule has 0 aliphatic carbocycles. The molecule has 43 heavy (non-hydrogen) atoms. The van der Waals surface area contributed by atoms with Gasteiger partial charge in [-0.05, 0) is 73.2 Å². The molecule has 2 aliphatic heterocycles. The number of rotatable bonds is 9. The molecule has 2 aliphatic rings. The molecule has 0 unspecified atom stereocenters. The van der Waals surface area contributed by atoms with Crippen LogP contribution in [0.3, 0.4) is 0 Å². The average molecular weight is 607 g/mol. The first-order chi connectivity index (χ1) is 20.6. The molecule has 2 heterocycles. The van der Waals surface area contributed by atoms with Crippen molar-refractivity contribution in [1.29, 1.82) is 0 Å². The monoisotopic (exact) mass is 606 g/mol. The highest BCUT2D eigenvalue weighted by atomic mass is 19.4. The highest BCUT2D eigenvalue weighted by molar-refractivity contribution is 5.34. The molecule has 0 saturated carbocycles. The quantitative estimate of drug-likeness (QED) is 0.235. The van der Waals surface area contributed by atoms with Crippen LogP contribution in [0.2, 0.25) is 0 Å². The van der Waals surface area contributed by atoms with Gasteiger partial charge >= 0.3 is 12.4 Å². The number of hydrogen-bond acceptors (Lipinski definition) is 4. The van der Waals surface area contributed by atoms with E-state index in [-0.39, 0.29) is 30.7 Å². The summed E-state index contributed by atoms with van der Waals surface area (Å²) in [6.07, 6.45) is -8.41. The highest BCUT2D eigenvalue weighted by Crippen LogP contribution is 2.37. The van der Waals surface area contributed by atoms with E-state index in [1.54, 1.807) is 0 Å². The van der Waals surface area contributed by atoms with Crippen LogP contribution in [-0.2, 0) is 28.2 Å². The predicted molar refractivity (Wildman–Crippen MR) is 151 cm³/mol. The van der Waals surface area contributed by atoms with Gasteiger partial charge in [0.05, 0.1) is 30.4 Å². The fourth-order valence-corrected chi connectivity index (χ4v) is 6.04. The minimum atomic E-state index is -4.89. The van der Waals surface area contributed by atoms with Gasteiger partial charge in [-0.25, -0.2) is 0 Å². The van der Waals surface area contributed by atoms with Crippen LogP contribution in [0.4, 0.5) is 26.3 Å². The molecule has 0 aromatic heterocycles. The minimum Gasteiger partial charge on any atom is -0.350 e. The van der Waals surface area contributed by atoms with Gasteiger partial charge in [0.15, 0.2) is 6.29 Å². The van der Waals surface area contributed by atoms with Crippen molar-refractivity contribution in [3.05, 3.63) is 107 Å². The molecule has 5 rings (SSSR count). The Kier molecular flexibility index (Phi) is 10.1. The number of morpholine rings is 1. The van der Waals surface area contributed by atoms with Crippen molar-refractivity contribution < 1.29 is 35.8 Å². The Balaban J connectivity index is 1.22. The number of nitrogens with zero attached hydrogens (tertiary/aromatic N) is 2. The Bertz CT molecular complexity index is 1260. The molecular weight excluding hydrogens is 570 g/mol. The predicted octanol–water partition coefficient (Wildman–Crippen LogP) is 7.56. The smallest absolute Gasteiger partial charge is 0.350 e. The van der Waals surface area contributed by atoms with Crippen molar-refractivity contribution in [3.63, 3.8) is 0 Å². The third-order valence-electron chi connectivity index (χ3n) is 8.34. The summed E-state index contributed by atoms with van der Waals surface area (Å²) >= 11 is 0. The maximum atomic E-state index is 13.3. The van der Waals surface area contributed by atoms with E-state index < -0.39 is 29.8 Å². The molecule has 4 nitrogen and oxygen atoms in total. The van der Waals surface area contributed by atoms with Gasteiger partial charge in [0.25, 0.3) is 0 Å². The van der Waals surface area contributed by atoms with Gasteiger partial charge in [-0.15, -0.1) is 0 Å². The van der Waals surface area contributed by atoms with E-state index in [0.717, 1.165) is 56.7 Å². The van der Waals surface area contributed by atoms with Gasteiger partial charge < -0.3 is 14.4 Å². The van der Waals surface area contributed by atoms with E-state index >= 15 is 0 Å². The highest BCUT2D eigenvalue weighted by Gasteiger charge is 2.38. The van der Waals surface area contributed by atoms with E-state index in [0.29, 0.717) is 19.1 Å². The summed E-state index contributed by atoms with van der Waals surface area (Å²) in [5.41, 5.74) is -0.377. The van der Waals surface area contributed by atoms with Crippen molar-refractivity contribution >= 4 is 0 Å². The Morgan fingerprint density at radius 1 is 0.721 bits per heavy atom. The van der Waals surface area contributed by atoms with Crippen molar-refractivity contribution in [2.24, 2.45) is 0 Å². The zero-order chi connectivity index (χ0) is 30.5. The number of piperidine rings is 1. The number of ether oxygens (including phenoxy) is 2. The van der Waals surface area contributed by atoms with Crippen LogP contribution in [-0.4, -0.2) is 62.0 Å². The van der Waals surface area contributed by atoms with Gasteiger partial charge in [-0.1, -0.05) is 60.7 Å². The molecule has 2 fully saturated rings. The number of benzene rings is 3. The van der Waals surface area contributed by atoms with Crippen molar-refractivity contribution in [3.8, 4) is 0 Å². The number of hydrogen-bond donors (Lipinski definition) is 0. The van der Waals surface area contributed by atoms with Gasteiger partial charge in [-0.2, -0.15) is 26.3 Å². The third-order valence-corrected chi connectivity index (χ3v) is 8.34. The largest absolute Gasteiger partial charge is 0.416 e. The standard InChI is InChI=1S/C33H36F6N2O2/c34-32(35,36)28-21-24(22-29(23-28)33(37,38)39)13-19-42-31-30(27-9-5-2-6-10-27)41(18-20-43-31)17-16-40-14-11-26(12-15-40)25-7-3-1-4-8-25/h1-10,21-23,26,30-31H,11-20H2/t30-,31+/m0/s1. The first kappa shape index (κ1) is 31.5. The molecule has 3 aromatic rings. The van der Waals surface area contributed by atoms with Crippen LogP contribution in [0.1, 0.15) is 52.6 Å². The maximum absolute atomic E-state index is 13.3. The van der Waals surface area contributed by atoms with Crippen molar-refractivity contribution in [2.45, 2.75) is 49.9 Å².